The zero-order valence-electron chi connectivity index (χ0n) is 21.6. The van der Waals surface area contributed by atoms with E-state index in [1.165, 1.54) is 101 Å². The minimum absolute atomic E-state index is 0.0570. The number of amides is 1. The number of anilines is 1. The van der Waals surface area contributed by atoms with Crippen LogP contribution in [0.5, 0.6) is 0 Å². The minimum atomic E-state index is -3.80. The lowest BCUT2D eigenvalue weighted by Crippen LogP contribution is -2.30. The predicted octanol–water partition coefficient (Wildman–Crippen LogP) is 6.33. The summed E-state index contributed by atoms with van der Waals surface area (Å²) in [5.74, 6) is -0.443. The van der Waals surface area contributed by atoms with Gasteiger partial charge in [-0.2, -0.15) is 0 Å². The Morgan fingerprint density at radius 1 is 0.794 bits per heavy atom. The molecule has 1 aromatic rings. The van der Waals surface area contributed by atoms with Crippen LogP contribution in [0.2, 0.25) is 0 Å². The first kappa shape index (κ1) is 32.8. The van der Waals surface area contributed by atoms with Gasteiger partial charge < -0.3 is 10.3 Å². The monoisotopic (exact) mass is 516 g/mol. The second-order valence-corrected chi connectivity index (χ2v) is 12.2. The molecule has 0 aliphatic rings. The summed E-state index contributed by atoms with van der Waals surface area (Å²) in [6.07, 6.45) is 22.4. The van der Waals surface area contributed by atoms with Crippen molar-refractivity contribution in [3.8, 4) is 0 Å². The van der Waals surface area contributed by atoms with Gasteiger partial charge in [0.15, 0.2) is 0 Å². The second kappa shape index (κ2) is 21.1. The average Bonchev–Trinajstić information content (AvgIpc) is 2.76. The molecule has 34 heavy (non-hydrogen) atoms. The molecule has 0 aliphatic heterocycles. The van der Waals surface area contributed by atoms with Crippen LogP contribution >= 0.6 is 0 Å². The fourth-order valence-corrected chi connectivity index (χ4v) is 4.58. The molecule has 0 bridgehead atoms. The van der Waals surface area contributed by atoms with E-state index < -0.39 is 27.1 Å². The Morgan fingerprint density at radius 3 is 1.53 bits per heavy atom. The van der Waals surface area contributed by atoms with Gasteiger partial charge in [0.1, 0.15) is 0 Å². The maximum Gasteiger partial charge on any atom is 0.264 e. The highest BCUT2D eigenvalue weighted by Crippen LogP contribution is 2.14. The Morgan fingerprint density at radius 2 is 1.15 bits per heavy atom. The van der Waals surface area contributed by atoms with Crippen LogP contribution in [0.15, 0.2) is 29.2 Å². The van der Waals surface area contributed by atoms with E-state index in [-0.39, 0.29) is 11.3 Å². The topological polar surface area (TPSA) is 112 Å². The van der Waals surface area contributed by atoms with Crippen molar-refractivity contribution in [3.63, 3.8) is 0 Å². The summed E-state index contributed by atoms with van der Waals surface area (Å²) in [5.41, 5.74) is 6.04. The summed E-state index contributed by atoms with van der Waals surface area (Å²) >= 11 is -0.611. The van der Waals surface area contributed by atoms with E-state index >= 15 is 0 Å². The van der Waals surface area contributed by atoms with Crippen LogP contribution in [-0.4, -0.2) is 31.4 Å². The Bertz CT molecular complexity index is 720. The molecular formula is C26H48N2O4S2. The van der Waals surface area contributed by atoms with E-state index in [0.29, 0.717) is 5.69 Å². The lowest BCUT2D eigenvalue weighted by atomic mass is 10.0. The van der Waals surface area contributed by atoms with Gasteiger partial charge in [-0.1, -0.05) is 108 Å². The van der Waals surface area contributed by atoms with Crippen LogP contribution in [-0.2, 0) is 26.0 Å². The number of rotatable bonds is 18. The van der Waals surface area contributed by atoms with E-state index in [9.17, 15) is 17.8 Å². The first-order valence-electron chi connectivity index (χ1n) is 12.8. The van der Waals surface area contributed by atoms with Crippen molar-refractivity contribution >= 4 is 32.8 Å². The Balaban J connectivity index is 0.00000251. The fourth-order valence-electron chi connectivity index (χ4n) is 3.56. The van der Waals surface area contributed by atoms with Gasteiger partial charge in [-0.3, -0.25) is 4.79 Å². The van der Waals surface area contributed by atoms with Crippen molar-refractivity contribution in [3.05, 3.63) is 24.3 Å². The molecule has 0 saturated heterocycles. The third kappa shape index (κ3) is 20.2. The van der Waals surface area contributed by atoms with E-state index in [2.05, 4.69) is 11.6 Å². The lowest BCUT2D eigenvalue weighted by Gasteiger charge is -2.07. The first-order chi connectivity index (χ1) is 16.2. The van der Waals surface area contributed by atoms with Gasteiger partial charge in [-0.15, -0.1) is 0 Å². The zero-order chi connectivity index (χ0) is 25.7. The number of carbonyl (C=O) groups excluding carboxylic acids is 1. The number of sulfonamides is 1. The number of hydrogen-bond acceptors (Lipinski definition) is 5. The Hall–Kier alpha value is -1.25. The minimum Gasteiger partial charge on any atom is -0.617 e. The van der Waals surface area contributed by atoms with Crippen molar-refractivity contribution in [1.82, 2.24) is 4.72 Å². The molecule has 0 unspecified atom stereocenters. The van der Waals surface area contributed by atoms with E-state index in [1.807, 2.05) is 0 Å². The Kier molecular flexibility index (Phi) is 20.3. The highest BCUT2D eigenvalue weighted by Gasteiger charge is 2.16. The maximum absolute atomic E-state index is 12.1. The number of unbranched alkanes of at least 4 members (excludes halogenated alkanes) is 14. The van der Waals surface area contributed by atoms with Gasteiger partial charge in [0.05, 0.1) is 17.4 Å². The molecule has 1 amide bonds. The van der Waals surface area contributed by atoms with Gasteiger partial charge in [0.25, 0.3) is 10.0 Å². The zero-order valence-corrected chi connectivity index (χ0v) is 23.3. The molecule has 1 aromatic carbocycles. The molecule has 0 aromatic heterocycles. The molecule has 0 fully saturated rings. The quantitative estimate of drug-likeness (QED) is 0.134. The molecule has 0 aliphatic carbocycles. The second-order valence-electron chi connectivity index (χ2n) is 9.04. The number of benzene rings is 1. The summed E-state index contributed by atoms with van der Waals surface area (Å²) in [6, 6.07) is 5.82. The number of nitrogens with one attached hydrogen (secondary N) is 1. The molecular weight excluding hydrogens is 468 g/mol. The van der Waals surface area contributed by atoms with E-state index in [4.69, 9.17) is 5.73 Å². The molecule has 198 valence electrons. The summed E-state index contributed by atoms with van der Waals surface area (Å²) in [6.45, 7) is 2.26. The third-order valence-electron chi connectivity index (χ3n) is 5.45. The van der Waals surface area contributed by atoms with Crippen LogP contribution in [0.1, 0.15) is 110 Å². The van der Waals surface area contributed by atoms with Crippen molar-refractivity contribution in [2.24, 2.45) is 0 Å². The molecule has 0 radical (unpaired) electrons. The highest BCUT2D eigenvalue weighted by atomic mass is 32.2. The Labute approximate surface area is 212 Å². The standard InChI is InChI=1S/C24H42N2O3S.C2H6OS/c1-2-3-4-5-6-7-8-9-10-11-12-13-14-15-16-17-24(27)26-30(28,29)23-20-18-22(25)19-21-23;1-4(2)3/h18-21H,2-17,25H2,1H3,(H,26,27);1-2H3. The number of hydrogen-bond donors (Lipinski definition) is 2. The number of nitrogen functional groups attached to an aromatic ring is 1. The summed E-state index contributed by atoms with van der Waals surface area (Å²) in [5, 5.41) is 0. The molecule has 0 atom stereocenters. The SMILES string of the molecule is CCCCCCCCCCCCCCCCCC(=O)NS(=O)(=O)c1ccc(N)cc1.C[S+](C)[O-]. The van der Waals surface area contributed by atoms with Crippen molar-refractivity contribution < 1.29 is 17.8 Å². The van der Waals surface area contributed by atoms with Gasteiger partial charge in [0.2, 0.25) is 5.91 Å². The normalized spacial score (nSPS) is 11.2. The molecule has 6 nitrogen and oxygen atoms in total. The highest BCUT2D eigenvalue weighted by molar-refractivity contribution is 7.90. The van der Waals surface area contributed by atoms with Gasteiger partial charge in [0, 0.05) is 12.1 Å². The molecule has 1 rings (SSSR count). The summed E-state index contributed by atoms with van der Waals surface area (Å²) in [7, 11) is -3.80. The van der Waals surface area contributed by atoms with E-state index in [1.54, 1.807) is 12.5 Å². The molecule has 0 saturated carbocycles. The molecule has 0 spiro atoms. The van der Waals surface area contributed by atoms with Crippen molar-refractivity contribution in [2.45, 2.75) is 115 Å². The smallest absolute Gasteiger partial charge is 0.264 e. The predicted molar refractivity (Wildman–Crippen MR) is 146 cm³/mol. The van der Waals surface area contributed by atoms with Crippen LogP contribution in [0.3, 0.4) is 0 Å². The third-order valence-corrected chi connectivity index (χ3v) is 6.84. The number of nitrogens with two attached hydrogens (primary N) is 1. The maximum atomic E-state index is 12.1. The van der Waals surface area contributed by atoms with Crippen LogP contribution in [0, 0.1) is 0 Å². The molecule has 0 heterocycles. The van der Waals surface area contributed by atoms with Gasteiger partial charge in [-0.05, 0) is 30.7 Å². The summed E-state index contributed by atoms with van der Waals surface area (Å²) < 4.78 is 36.0. The van der Waals surface area contributed by atoms with E-state index in [0.717, 1.165) is 19.3 Å². The average molecular weight is 517 g/mol. The van der Waals surface area contributed by atoms with Gasteiger partial charge in [-0.25, -0.2) is 13.1 Å². The lowest BCUT2D eigenvalue weighted by molar-refractivity contribution is -0.119. The molecule has 8 heteroatoms. The molecule has 3 N–H and O–H groups in total. The van der Waals surface area contributed by atoms with Crippen LogP contribution in [0.25, 0.3) is 0 Å². The van der Waals surface area contributed by atoms with Gasteiger partial charge >= 0.3 is 0 Å². The largest absolute Gasteiger partial charge is 0.617 e. The van der Waals surface area contributed by atoms with Crippen molar-refractivity contribution in [2.75, 3.05) is 18.2 Å². The van der Waals surface area contributed by atoms with Crippen LogP contribution < -0.4 is 10.5 Å². The fraction of sp³-hybridized carbons (Fsp3) is 0.731. The summed E-state index contributed by atoms with van der Waals surface area (Å²) in [4.78, 5) is 12.0. The van der Waals surface area contributed by atoms with Crippen molar-refractivity contribution in [1.29, 1.82) is 0 Å². The first-order valence-corrected chi connectivity index (χ1v) is 16.3. The van der Waals surface area contributed by atoms with Crippen LogP contribution in [0.4, 0.5) is 5.69 Å². The number of carbonyl (C=O) groups is 1.